The Labute approximate surface area is 105 Å². The summed E-state index contributed by atoms with van der Waals surface area (Å²) in [6.45, 7) is 3.57. The lowest BCUT2D eigenvalue weighted by atomic mass is 10.0. The first-order valence-corrected chi connectivity index (χ1v) is 5.47. The lowest BCUT2D eigenvalue weighted by molar-refractivity contribution is 0.415. The zero-order valence-corrected chi connectivity index (χ0v) is 10.5. The van der Waals surface area contributed by atoms with Gasteiger partial charge < -0.3 is 10.5 Å². The highest BCUT2D eigenvalue weighted by Gasteiger charge is 2.15. The van der Waals surface area contributed by atoms with E-state index in [4.69, 9.17) is 10.5 Å². The lowest BCUT2D eigenvalue weighted by Crippen LogP contribution is -2.03. The molecule has 5 heteroatoms. The molecule has 0 spiro atoms. The van der Waals surface area contributed by atoms with Gasteiger partial charge in [0.15, 0.2) is 0 Å². The molecule has 0 saturated carbocycles. The van der Waals surface area contributed by atoms with Crippen molar-refractivity contribution >= 4 is 5.82 Å². The molecule has 0 amide bonds. The molecule has 0 unspecified atom stereocenters. The van der Waals surface area contributed by atoms with E-state index in [0.717, 1.165) is 0 Å². The molecule has 0 aliphatic carbocycles. The van der Waals surface area contributed by atoms with Gasteiger partial charge in [0, 0.05) is 11.1 Å². The van der Waals surface area contributed by atoms with Crippen LogP contribution in [0.1, 0.15) is 11.5 Å². The van der Waals surface area contributed by atoms with Gasteiger partial charge in [-0.2, -0.15) is 0 Å². The van der Waals surface area contributed by atoms with E-state index in [2.05, 4.69) is 9.97 Å². The Morgan fingerprint density at radius 2 is 1.94 bits per heavy atom. The quantitative estimate of drug-likeness (QED) is 0.885. The van der Waals surface area contributed by atoms with E-state index in [1.807, 2.05) is 6.92 Å². The van der Waals surface area contributed by atoms with Crippen molar-refractivity contribution in [2.75, 3.05) is 12.8 Å². The summed E-state index contributed by atoms with van der Waals surface area (Å²) in [7, 11) is 1.53. The molecule has 0 saturated heterocycles. The summed E-state index contributed by atoms with van der Waals surface area (Å²) in [6.07, 6.45) is 0. The zero-order valence-electron chi connectivity index (χ0n) is 10.5. The van der Waals surface area contributed by atoms with Crippen LogP contribution in [0.4, 0.5) is 10.2 Å². The third-order valence-electron chi connectivity index (χ3n) is 2.66. The lowest BCUT2D eigenvalue weighted by Gasteiger charge is -2.13. The molecule has 1 aromatic heterocycles. The van der Waals surface area contributed by atoms with Crippen molar-refractivity contribution in [3.63, 3.8) is 0 Å². The maximum atomic E-state index is 13.4. The number of hydrogen-bond donors (Lipinski definition) is 1. The Hall–Kier alpha value is -2.17. The van der Waals surface area contributed by atoms with Gasteiger partial charge in [0.25, 0.3) is 0 Å². The molecule has 18 heavy (non-hydrogen) atoms. The summed E-state index contributed by atoms with van der Waals surface area (Å²) < 4.78 is 18.6. The number of nitrogen functional groups attached to an aromatic ring is 1. The first kappa shape index (κ1) is 12.3. The largest absolute Gasteiger partial charge is 0.496 e. The van der Waals surface area contributed by atoms with Crippen LogP contribution in [0.25, 0.3) is 11.1 Å². The van der Waals surface area contributed by atoms with Crippen molar-refractivity contribution in [1.82, 2.24) is 9.97 Å². The predicted molar refractivity (Wildman–Crippen MR) is 67.9 cm³/mol. The van der Waals surface area contributed by atoms with Gasteiger partial charge in [-0.3, -0.25) is 0 Å². The van der Waals surface area contributed by atoms with Crippen LogP contribution in [-0.2, 0) is 0 Å². The Kier molecular flexibility index (Phi) is 3.14. The summed E-state index contributed by atoms with van der Waals surface area (Å²) in [5.41, 5.74) is 7.77. The van der Waals surface area contributed by atoms with Crippen LogP contribution >= 0.6 is 0 Å². The van der Waals surface area contributed by atoms with E-state index < -0.39 is 0 Å². The van der Waals surface area contributed by atoms with Crippen LogP contribution in [0.5, 0.6) is 5.75 Å². The molecule has 1 heterocycles. The SMILES string of the molecule is COc1ccc(F)cc1-c1c(C)nc(C)nc1N. The fourth-order valence-corrected chi connectivity index (χ4v) is 1.95. The summed E-state index contributed by atoms with van der Waals surface area (Å²) >= 11 is 0. The standard InChI is InChI=1S/C13H14FN3O/c1-7-12(13(15)17-8(2)16-7)10-6-9(14)4-5-11(10)18-3/h4-6H,1-3H3,(H2,15,16,17). The van der Waals surface area contributed by atoms with E-state index in [9.17, 15) is 4.39 Å². The maximum absolute atomic E-state index is 13.4. The summed E-state index contributed by atoms with van der Waals surface area (Å²) in [5, 5.41) is 0. The molecule has 0 aliphatic heterocycles. The van der Waals surface area contributed by atoms with Crippen molar-refractivity contribution in [1.29, 1.82) is 0 Å². The molecule has 0 radical (unpaired) electrons. The van der Waals surface area contributed by atoms with E-state index in [0.29, 0.717) is 34.2 Å². The monoisotopic (exact) mass is 247 g/mol. The van der Waals surface area contributed by atoms with Crippen LogP contribution in [0, 0.1) is 19.7 Å². The normalized spacial score (nSPS) is 10.4. The number of hydrogen-bond acceptors (Lipinski definition) is 4. The Bertz CT molecular complexity index is 576. The van der Waals surface area contributed by atoms with Gasteiger partial charge >= 0.3 is 0 Å². The van der Waals surface area contributed by atoms with Crippen molar-refractivity contribution in [2.45, 2.75) is 13.8 Å². The van der Waals surface area contributed by atoms with Crippen molar-refractivity contribution in [3.8, 4) is 16.9 Å². The summed E-state index contributed by atoms with van der Waals surface area (Å²) in [5.74, 6) is 1.09. The minimum Gasteiger partial charge on any atom is -0.496 e. The molecule has 2 aromatic rings. The number of rotatable bonds is 2. The van der Waals surface area contributed by atoms with Gasteiger partial charge in [0.1, 0.15) is 23.2 Å². The number of aromatic nitrogens is 2. The second kappa shape index (κ2) is 4.60. The van der Waals surface area contributed by atoms with Crippen molar-refractivity contribution < 1.29 is 9.13 Å². The number of anilines is 1. The molecule has 0 fully saturated rings. The van der Waals surface area contributed by atoms with Crippen LogP contribution in [0.15, 0.2) is 18.2 Å². The van der Waals surface area contributed by atoms with Crippen LogP contribution < -0.4 is 10.5 Å². The van der Waals surface area contributed by atoms with Crippen molar-refractivity contribution in [3.05, 3.63) is 35.5 Å². The van der Waals surface area contributed by atoms with Crippen LogP contribution in [-0.4, -0.2) is 17.1 Å². The number of halogens is 1. The van der Waals surface area contributed by atoms with Gasteiger partial charge in [0.2, 0.25) is 0 Å². The molecule has 2 N–H and O–H groups in total. The highest BCUT2D eigenvalue weighted by Crippen LogP contribution is 2.35. The molecular weight excluding hydrogens is 233 g/mol. The van der Waals surface area contributed by atoms with Gasteiger partial charge in [-0.25, -0.2) is 14.4 Å². The van der Waals surface area contributed by atoms with E-state index in [1.165, 1.54) is 19.2 Å². The number of nitrogens with two attached hydrogens (primary N) is 1. The average Bonchev–Trinajstić information content (AvgIpc) is 2.28. The third kappa shape index (κ3) is 2.11. The fraction of sp³-hybridized carbons (Fsp3) is 0.231. The molecule has 2 rings (SSSR count). The summed E-state index contributed by atoms with van der Waals surface area (Å²) in [4.78, 5) is 8.35. The average molecular weight is 247 g/mol. The predicted octanol–water partition coefficient (Wildman–Crippen LogP) is 2.49. The Morgan fingerprint density at radius 1 is 1.22 bits per heavy atom. The second-order valence-corrected chi connectivity index (χ2v) is 3.96. The van der Waals surface area contributed by atoms with Crippen molar-refractivity contribution in [2.24, 2.45) is 0 Å². The molecule has 94 valence electrons. The molecule has 0 bridgehead atoms. The van der Waals surface area contributed by atoms with Crippen LogP contribution in [0.3, 0.4) is 0 Å². The molecule has 1 aromatic carbocycles. The topological polar surface area (TPSA) is 61.0 Å². The maximum Gasteiger partial charge on any atom is 0.135 e. The first-order chi connectivity index (χ1) is 8.52. The van der Waals surface area contributed by atoms with Crippen LogP contribution in [0.2, 0.25) is 0 Å². The molecular formula is C13H14FN3O. The number of ether oxygens (including phenoxy) is 1. The van der Waals surface area contributed by atoms with Gasteiger partial charge in [-0.1, -0.05) is 0 Å². The number of methoxy groups -OCH3 is 1. The van der Waals surface area contributed by atoms with E-state index in [-0.39, 0.29) is 5.82 Å². The number of nitrogens with zero attached hydrogens (tertiary/aromatic N) is 2. The highest BCUT2D eigenvalue weighted by atomic mass is 19.1. The molecule has 0 atom stereocenters. The van der Waals surface area contributed by atoms with E-state index in [1.54, 1.807) is 13.0 Å². The van der Waals surface area contributed by atoms with Gasteiger partial charge in [0.05, 0.1) is 12.8 Å². The number of aryl methyl sites for hydroxylation is 2. The minimum absolute atomic E-state index is 0.323. The minimum atomic E-state index is -0.356. The first-order valence-electron chi connectivity index (χ1n) is 5.47. The summed E-state index contributed by atoms with van der Waals surface area (Å²) in [6, 6.07) is 4.27. The highest BCUT2D eigenvalue weighted by molar-refractivity contribution is 5.80. The van der Waals surface area contributed by atoms with Gasteiger partial charge in [-0.15, -0.1) is 0 Å². The Balaban J connectivity index is 2.72. The fourth-order valence-electron chi connectivity index (χ4n) is 1.95. The number of benzene rings is 1. The van der Waals surface area contributed by atoms with Gasteiger partial charge in [-0.05, 0) is 32.0 Å². The third-order valence-corrected chi connectivity index (χ3v) is 2.66. The molecule has 4 nitrogen and oxygen atoms in total. The molecule has 0 aliphatic rings. The Morgan fingerprint density at radius 3 is 2.56 bits per heavy atom. The van der Waals surface area contributed by atoms with E-state index >= 15 is 0 Å². The smallest absolute Gasteiger partial charge is 0.135 e. The zero-order chi connectivity index (χ0) is 13.3. The second-order valence-electron chi connectivity index (χ2n) is 3.96.